The van der Waals surface area contributed by atoms with Crippen molar-refractivity contribution in [2.45, 2.75) is 105 Å². The fourth-order valence-electron chi connectivity index (χ4n) is 9.52. The molecule has 3 aliphatic heterocycles. The number of hydrogen-bond acceptors (Lipinski definition) is 11. The summed E-state index contributed by atoms with van der Waals surface area (Å²) >= 11 is 1.43. The fourth-order valence-corrected chi connectivity index (χ4v) is 10.4. The first kappa shape index (κ1) is 47.1. The molecule has 64 heavy (non-hydrogen) atoms. The number of aryl methyl sites for hydroxylation is 1. The zero-order valence-electron chi connectivity index (χ0n) is 39.1. The van der Waals surface area contributed by atoms with Crippen molar-refractivity contribution < 1.29 is 33.4 Å². The van der Waals surface area contributed by atoms with Crippen molar-refractivity contribution in [1.29, 1.82) is 0 Å². The third-order valence-corrected chi connectivity index (χ3v) is 14.1. The maximum Gasteiger partial charge on any atom is 0.324 e. The van der Waals surface area contributed by atoms with Gasteiger partial charge in [0.2, 0.25) is 5.91 Å². The lowest BCUT2D eigenvalue weighted by molar-refractivity contribution is -0.155. The summed E-state index contributed by atoms with van der Waals surface area (Å²) in [5.74, 6) is -0.896. The van der Waals surface area contributed by atoms with Crippen molar-refractivity contribution in [1.82, 2.24) is 40.1 Å². The van der Waals surface area contributed by atoms with Gasteiger partial charge in [0.15, 0.2) is 0 Å². The van der Waals surface area contributed by atoms with Crippen molar-refractivity contribution >= 4 is 46.1 Å². The van der Waals surface area contributed by atoms with E-state index < -0.39 is 41.3 Å². The summed E-state index contributed by atoms with van der Waals surface area (Å²) in [6.07, 6.45) is 3.29. The van der Waals surface area contributed by atoms with E-state index in [1.807, 2.05) is 32.2 Å². The zero-order valence-corrected chi connectivity index (χ0v) is 39.9. The van der Waals surface area contributed by atoms with Crippen LogP contribution in [0, 0.1) is 23.2 Å². The molecule has 0 unspecified atom stereocenters. The number of cyclic esters (lactones) is 1. The van der Waals surface area contributed by atoms with Crippen LogP contribution in [0.3, 0.4) is 0 Å². The number of methoxy groups -OCH3 is 2. The second kappa shape index (κ2) is 19.7. The number of likely N-dealkylation sites (N-methyl/N-ethyl adjacent to an activating group) is 1. The minimum absolute atomic E-state index is 0.107. The Morgan fingerprint density at radius 3 is 2.59 bits per heavy atom. The molecule has 4 amide bonds. The fraction of sp³-hybridized carbons (Fsp3) is 0.583. The number of benzene rings is 1. The van der Waals surface area contributed by atoms with Crippen LogP contribution in [0.5, 0.6) is 0 Å². The Bertz CT molecular complexity index is 2340. The average molecular weight is 899 g/mol. The SMILES string of the molecule is CCn1c(-c2cccnc2[C@H](C)OC)c2c3cc(ccc31)-c1csc(n1)C[C@H](NC(=O)[C@H](C(C)C)N(C)C(=O)N1CC([C@@H](C)COC)C1)C(=O)N1CCC[C@H](N1)C(=O)OCC(C)(C)C2. The van der Waals surface area contributed by atoms with Crippen molar-refractivity contribution in [2.75, 3.05) is 54.1 Å². The third-order valence-electron chi connectivity index (χ3n) is 13.2. The lowest BCUT2D eigenvalue weighted by Gasteiger charge is -2.45. The van der Waals surface area contributed by atoms with E-state index in [9.17, 15) is 19.2 Å². The number of esters is 1. The van der Waals surface area contributed by atoms with Crippen LogP contribution in [0.2, 0.25) is 0 Å². The van der Waals surface area contributed by atoms with Gasteiger partial charge in [-0.05, 0) is 80.7 Å². The normalized spacial score (nSPS) is 20.9. The lowest BCUT2D eigenvalue weighted by Crippen LogP contribution is -2.63. The summed E-state index contributed by atoms with van der Waals surface area (Å²) in [5, 5.41) is 8.21. The minimum Gasteiger partial charge on any atom is -0.464 e. The molecular formula is C48H66N8O7S. The van der Waals surface area contributed by atoms with Gasteiger partial charge in [0.25, 0.3) is 5.91 Å². The van der Waals surface area contributed by atoms with Gasteiger partial charge >= 0.3 is 12.0 Å². The number of likely N-dealkylation sites (tertiary alicyclic amines) is 1. The van der Waals surface area contributed by atoms with Crippen LogP contribution in [-0.2, 0) is 48.0 Å². The van der Waals surface area contributed by atoms with Crippen LogP contribution in [0.15, 0.2) is 41.9 Å². The molecule has 6 heterocycles. The van der Waals surface area contributed by atoms with E-state index in [0.717, 1.165) is 44.7 Å². The van der Waals surface area contributed by atoms with E-state index in [1.165, 1.54) is 21.2 Å². The first-order valence-electron chi connectivity index (χ1n) is 22.7. The van der Waals surface area contributed by atoms with Gasteiger partial charge in [0, 0.05) is 99.5 Å². The molecule has 0 aliphatic carbocycles. The number of amides is 4. The molecule has 3 aromatic heterocycles. The van der Waals surface area contributed by atoms with Gasteiger partial charge in [-0.25, -0.2) is 15.2 Å². The number of rotatable bonds is 11. The summed E-state index contributed by atoms with van der Waals surface area (Å²) in [7, 11) is 5.02. The van der Waals surface area contributed by atoms with E-state index in [-0.39, 0.29) is 31.1 Å². The highest BCUT2D eigenvalue weighted by Crippen LogP contribution is 2.42. The number of hydrazine groups is 1. The summed E-state index contributed by atoms with van der Waals surface area (Å²) in [5.41, 5.74) is 9.38. The second-order valence-corrected chi connectivity index (χ2v) is 19.9. The third kappa shape index (κ3) is 9.70. The van der Waals surface area contributed by atoms with Crippen LogP contribution in [-0.4, -0.2) is 125 Å². The van der Waals surface area contributed by atoms with E-state index in [4.69, 9.17) is 24.2 Å². The number of pyridine rings is 1. The molecule has 0 saturated carbocycles. The summed E-state index contributed by atoms with van der Waals surface area (Å²) in [6.45, 7) is 17.2. The molecule has 2 N–H and O–H groups in total. The Hall–Kier alpha value is -4.90. The molecule has 0 radical (unpaired) electrons. The van der Waals surface area contributed by atoms with Crippen LogP contribution in [0.25, 0.3) is 33.4 Å². The Labute approximate surface area is 381 Å². The summed E-state index contributed by atoms with van der Waals surface area (Å²) in [6, 6.07) is 7.57. The summed E-state index contributed by atoms with van der Waals surface area (Å²) < 4.78 is 19.6. The number of hydrogen-bond donors (Lipinski definition) is 2. The Morgan fingerprint density at radius 1 is 1.12 bits per heavy atom. The Morgan fingerprint density at radius 2 is 1.89 bits per heavy atom. The molecule has 16 heteroatoms. The van der Waals surface area contributed by atoms with Crippen molar-refractivity contribution in [3.05, 3.63) is 58.2 Å². The van der Waals surface area contributed by atoms with Crippen molar-refractivity contribution in [3.8, 4) is 22.5 Å². The number of ether oxygens (including phenoxy) is 3. The van der Waals surface area contributed by atoms with Crippen molar-refractivity contribution in [3.63, 3.8) is 0 Å². The lowest BCUT2D eigenvalue weighted by atomic mass is 9.84. The standard InChI is InChI=1S/C48H66N8O7S/c1-11-55-39-17-16-31-20-34(39)35(43(55)33-14-12-18-49-41(33)30(5)62-10)22-48(6,7)27-63-46(59)36-15-13-19-56(52-36)45(58)37(21-40-50-38(31)26-64-40)51-44(57)42(28(2)3)53(8)47(60)54-23-32(24-54)29(4)25-61-9/h12,14,16-18,20,26,28-30,32,36-37,42,52H,11,13,15,19,21-25,27H2,1-10H3,(H,51,57)/t29-,30-,36-,37-,42-/m0/s1. The van der Waals surface area contributed by atoms with E-state index in [2.05, 4.69) is 67.3 Å². The summed E-state index contributed by atoms with van der Waals surface area (Å²) in [4.78, 5) is 69.8. The molecule has 1 aromatic carbocycles. The molecule has 346 valence electrons. The van der Waals surface area contributed by atoms with Gasteiger partial charge in [-0.3, -0.25) is 24.4 Å². The maximum atomic E-state index is 14.6. The molecule has 7 rings (SSSR count). The number of carbonyl (C=O) groups excluding carboxylic acids is 4. The highest BCUT2D eigenvalue weighted by Gasteiger charge is 2.41. The molecule has 2 fully saturated rings. The van der Waals surface area contributed by atoms with E-state index >= 15 is 0 Å². The predicted octanol–water partition coefficient (Wildman–Crippen LogP) is 6.49. The first-order chi connectivity index (χ1) is 30.5. The minimum atomic E-state index is -1.04. The Kier molecular flexibility index (Phi) is 14.5. The molecule has 2 saturated heterocycles. The molecule has 3 aliphatic rings. The van der Waals surface area contributed by atoms with Crippen molar-refractivity contribution in [2.24, 2.45) is 23.2 Å². The number of nitrogens with one attached hydrogen (secondary N) is 2. The van der Waals surface area contributed by atoms with E-state index in [1.54, 1.807) is 32.4 Å². The number of carbonyl (C=O) groups is 4. The molecule has 5 atom stereocenters. The van der Waals surface area contributed by atoms with Gasteiger partial charge in [-0.15, -0.1) is 11.3 Å². The van der Waals surface area contributed by atoms with Gasteiger partial charge < -0.3 is 33.9 Å². The van der Waals surface area contributed by atoms with Crippen LogP contribution >= 0.6 is 11.3 Å². The highest BCUT2D eigenvalue weighted by molar-refractivity contribution is 7.10. The topological polar surface area (TPSA) is 160 Å². The number of fused-ring (bicyclic) bond motifs is 6. The van der Waals surface area contributed by atoms with Crippen LogP contribution in [0.1, 0.15) is 83.7 Å². The monoisotopic (exact) mass is 898 g/mol. The first-order valence-corrected chi connectivity index (χ1v) is 23.6. The largest absolute Gasteiger partial charge is 0.464 e. The number of aromatic nitrogens is 3. The molecule has 4 aromatic rings. The quantitative estimate of drug-likeness (QED) is 0.159. The van der Waals surface area contributed by atoms with Gasteiger partial charge in [-0.2, -0.15) is 0 Å². The zero-order chi connectivity index (χ0) is 46.0. The van der Waals surface area contributed by atoms with E-state index in [0.29, 0.717) is 68.9 Å². The average Bonchev–Trinajstić information content (AvgIpc) is 3.85. The maximum absolute atomic E-state index is 14.6. The molecular weight excluding hydrogens is 833 g/mol. The van der Waals surface area contributed by atoms with Crippen LogP contribution in [0.4, 0.5) is 4.79 Å². The number of urea groups is 1. The van der Waals surface area contributed by atoms with Crippen LogP contribution < -0.4 is 10.7 Å². The molecule has 15 nitrogen and oxygen atoms in total. The number of thiazole rings is 1. The highest BCUT2D eigenvalue weighted by atomic mass is 32.1. The smallest absolute Gasteiger partial charge is 0.324 e. The number of nitrogens with zero attached hydrogens (tertiary/aromatic N) is 6. The van der Waals surface area contributed by atoms with Gasteiger partial charge in [-0.1, -0.05) is 40.7 Å². The molecule has 0 spiro atoms. The second-order valence-electron chi connectivity index (χ2n) is 19.0. The van der Waals surface area contributed by atoms with Gasteiger partial charge in [0.05, 0.1) is 34.8 Å². The predicted molar refractivity (Wildman–Crippen MR) is 247 cm³/mol. The van der Waals surface area contributed by atoms with Gasteiger partial charge in [0.1, 0.15) is 18.1 Å². The Balaban J connectivity index is 1.25. The molecule has 6 bridgehead atoms.